The molecule has 0 bridgehead atoms. The molecule has 0 aromatic carbocycles. The Balaban J connectivity index is 2.60. The molecule has 0 aliphatic heterocycles. The molecule has 2 N–H and O–H groups in total. The van der Waals surface area contributed by atoms with E-state index in [1.54, 1.807) is 6.07 Å². The minimum atomic E-state index is 0.167. The van der Waals surface area contributed by atoms with Crippen LogP contribution >= 0.6 is 15.9 Å². The summed E-state index contributed by atoms with van der Waals surface area (Å²) in [5.41, 5.74) is 0. The van der Waals surface area contributed by atoms with Crippen molar-refractivity contribution in [2.24, 2.45) is 5.92 Å². The predicted octanol–water partition coefficient (Wildman–Crippen LogP) is 1.67. The van der Waals surface area contributed by atoms with Crippen molar-refractivity contribution < 1.29 is 5.11 Å². The quantitative estimate of drug-likeness (QED) is 0.808. The second-order valence-corrected chi connectivity index (χ2v) is 4.13. The van der Waals surface area contributed by atoms with E-state index < -0.39 is 0 Å². The number of aromatic nitrogens is 2. The lowest BCUT2D eigenvalue weighted by molar-refractivity contribution is 0.226. The topological polar surface area (TPSA) is 58.0 Å². The van der Waals surface area contributed by atoms with Gasteiger partial charge in [-0.1, -0.05) is 6.92 Å². The van der Waals surface area contributed by atoms with Gasteiger partial charge >= 0.3 is 0 Å². The van der Waals surface area contributed by atoms with Crippen LogP contribution in [-0.4, -0.2) is 27.7 Å². The van der Waals surface area contributed by atoms with E-state index in [2.05, 4.69) is 31.2 Å². The number of hydrogen-bond donors (Lipinski definition) is 2. The van der Waals surface area contributed by atoms with Crippen LogP contribution in [0.2, 0.25) is 0 Å². The highest BCUT2D eigenvalue weighted by Gasteiger charge is 2.11. The fraction of sp³-hybridized carbons (Fsp3) is 0.556. The summed E-state index contributed by atoms with van der Waals surface area (Å²) in [7, 11) is 0. The number of rotatable bonds is 4. The Morgan fingerprint density at radius 3 is 2.79 bits per heavy atom. The van der Waals surface area contributed by atoms with Crippen molar-refractivity contribution in [3.8, 4) is 0 Å². The molecule has 14 heavy (non-hydrogen) atoms. The zero-order valence-electron chi connectivity index (χ0n) is 8.24. The van der Waals surface area contributed by atoms with E-state index in [9.17, 15) is 0 Å². The molecule has 0 saturated carbocycles. The molecule has 78 valence electrons. The molecule has 0 radical (unpaired) electrons. The summed E-state index contributed by atoms with van der Waals surface area (Å²) >= 11 is 3.27. The van der Waals surface area contributed by atoms with Gasteiger partial charge in [-0.3, -0.25) is 0 Å². The van der Waals surface area contributed by atoms with Gasteiger partial charge in [0.15, 0.2) is 0 Å². The summed E-state index contributed by atoms with van der Waals surface area (Å²) in [6.07, 6.45) is 1.49. The molecule has 0 spiro atoms. The maximum atomic E-state index is 8.96. The van der Waals surface area contributed by atoms with Crippen molar-refractivity contribution in [3.05, 3.63) is 17.0 Å². The lowest BCUT2D eigenvalue weighted by Crippen LogP contribution is -2.26. The van der Waals surface area contributed by atoms with Gasteiger partial charge in [-0.2, -0.15) is 0 Å². The average molecular weight is 260 g/mol. The zero-order chi connectivity index (χ0) is 10.6. The summed E-state index contributed by atoms with van der Waals surface area (Å²) in [6.45, 7) is 4.16. The van der Waals surface area contributed by atoms with Gasteiger partial charge < -0.3 is 10.4 Å². The molecule has 1 heterocycles. The molecular weight excluding hydrogens is 246 g/mol. The Morgan fingerprint density at radius 2 is 2.21 bits per heavy atom. The summed E-state index contributed by atoms with van der Waals surface area (Å²) in [5, 5.41) is 12.1. The molecule has 0 aliphatic carbocycles. The van der Waals surface area contributed by atoms with Crippen molar-refractivity contribution in [3.63, 3.8) is 0 Å². The fourth-order valence-corrected chi connectivity index (χ4v) is 1.25. The summed E-state index contributed by atoms with van der Waals surface area (Å²) in [6, 6.07) is 1.99. The molecule has 0 fully saturated rings. The smallest absolute Gasteiger partial charge is 0.130 e. The van der Waals surface area contributed by atoms with Crippen LogP contribution in [0, 0.1) is 5.92 Å². The third kappa shape index (κ3) is 3.23. The van der Waals surface area contributed by atoms with Crippen LogP contribution in [0.5, 0.6) is 0 Å². The van der Waals surface area contributed by atoms with Gasteiger partial charge in [0, 0.05) is 18.7 Å². The van der Waals surface area contributed by atoms with Gasteiger partial charge in [0.25, 0.3) is 0 Å². The summed E-state index contributed by atoms with van der Waals surface area (Å²) in [4.78, 5) is 7.99. The van der Waals surface area contributed by atoms with Crippen molar-refractivity contribution >= 4 is 21.7 Å². The van der Waals surface area contributed by atoms with Crippen LogP contribution in [0.15, 0.2) is 17.0 Å². The van der Waals surface area contributed by atoms with Gasteiger partial charge in [-0.05, 0) is 28.8 Å². The molecule has 1 aromatic rings. The number of nitrogens with zero attached hydrogens (tertiary/aromatic N) is 2. The van der Waals surface area contributed by atoms with E-state index in [1.165, 1.54) is 6.33 Å². The molecular formula is C9H14BrN3O. The van der Waals surface area contributed by atoms with E-state index in [1.807, 2.05) is 13.8 Å². The minimum absolute atomic E-state index is 0.167. The SMILES string of the molecule is CC(CO)C(C)Nc1cc(Br)ncn1. The van der Waals surface area contributed by atoms with Crippen LogP contribution in [0.3, 0.4) is 0 Å². The van der Waals surface area contributed by atoms with Gasteiger partial charge in [0.05, 0.1) is 0 Å². The number of nitrogens with one attached hydrogen (secondary N) is 1. The maximum Gasteiger partial charge on any atom is 0.130 e. The molecule has 0 amide bonds. The van der Waals surface area contributed by atoms with Crippen LogP contribution < -0.4 is 5.32 Å². The Hall–Kier alpha value is -0.680. The average Bonchev–Trinajstić information content (AvgIpc) is 2.16. The number of hydrogen-bond acceptors (Lipinski definition) is 4. The van der Waals surface area contributed by atoms with Crippen molar-refractivity contribution in [1.82, 2.24) is 9.97 Å². The van der Waals surface area contributed by atoms with Crippen LogP contribution in [0.1, 0.15) is 13.8 Å². The lowest BCUT2D eigenvalue weighted by Gasteiger charge is -2.19. The van der Waals surface area contributed by atoms with Gasteiger partial charge in [-0.15, -0.1) is 0 Å². The first kappa shape index (κ1) is 11.4. The van der Waals surface area contributed by atoms with Crippen molar-refractivity contribution in [1.29, 1.82) is 0 Å². The molecule has 0 aliphatic rings. The zero-order valence-corrected chi connectivity index (χ0v) is 9.82. The first-order valence-corrected chi connectivity index (χ1v) is 5.27. The lowest BCUT2D eigenvalue weighted by atomic mass is 10.1. The molecule has 4 nitrogen and oxygen atoms in total. The van der Waals surface area contributed by atoms with Gasteiger partial charge in [-0.25, -0.2) is 9.97 Å². The molecule has 2 unspecified atom stereocenters. The van der Waals surface area contributed by atoms with E-state index in [0.29, 0.717) is 0 Å². The Bertz CT molecular complexity index is 295. The number of aliphatic hydroxyl groups is 1. The highest BCUT2D eigenvalue weighted by Crippen LogP contribution is 2.13. The van der Waals surface area contributed by atoms with Gasteiger partial charge in [0.1, 0.15) is 16.7 Å². The second-order valence-electron chi connectivity index (χ2n) is 3.32. The van der Waals surface area contributed by atoms with Gasteiger partial charge in [0.2, 0.25) is 0 Å². The molecule has 1 aromatic heterocycles. The first-order valence-electron chi connectivity index (χ1n) is 4.48. The van der Waals surface area contributed by atoms with E-state index in [4.69, 9.17) is 5.11 Å². The Morgan fingerprint density at radius 1 is 1.50 bits per heavy atom. The van der Waals surface area contributed by atoms with E-state index in [-0.39, 0.29) is 18.6 Å². The highest BCUT2D eigenvalue weighted by molar-refractivity contribution is 9.10. The Kier molecular flexibility index (Phi) is 4.28. The number of anilines is 1. The normalized spacial score (nSPS) is 14.9. The van der Waals surface area contributed by atoms with Crippen molar-refractivity contribution in [2.75, 3.05) is 11.9 Å². The summed E-state index contributed by atoms with van der Waals surface area (Å²) < 4.78 is 0.749. The number of aliphatic hydroxyl groups excluding tert-OH is 1. The highest BCUT2D eigenvalue weighted by atomic mass is 79.9. The van der Waals surface area contributed by atoms with Crippen LogP contribution in [0.25, 0.3) is 0 Å². The fourth-order valence-electron chi connectivity index (χ4n) is 0.946. The largest absolute Gasteiger partial charge is 0.396 e. The summed E-state index contributed by atoms with van der Waals surface area (Å²) in [5.74, 6) is 0.961. The minimum Gasteiger partial charge on any atom is -0.396 e. The molecule has 1 rings (SSSR count). The molecule has 5 heteroatoms. The molecule has 2 atom stereocenters. The van der Waals surface area contributed by atoms with E-state index >= 15 is 0 Å². The van der Waals surface area contributed by atoms with Crippen molar-refractivity contribution in [2.45, 2.75) is 19.9 Å². The van der Waals surface area contributed by atoms with Crippen LogP contribution in [-0.2, 0) is 0 Å². The first-order chi connectivity index (χ1) is 6.63. The monoisotopic (exact) mass is 259 g/mol. The number of halogens is 1. The third-order valence-electron chi connectivity index (χ3n) is 2.15. The molecule has 0 saturated heterocycles. The Labute approximate surface area is 91.9 Å². The standard InChI is InChI=1S/C9H14BrN3O/c1-6(4-14)7(2)13-9-3-8(10)11-5-12-9/h3,5-7,14H,4H2,1-2H3,(H,11,12,13). The second kappa shape index (κ2) is 5.26. The van der Waals surface area contributed by atoms with Crippen LogP contribution in [0.4, 0.5) is 5.82 Å². The van der Waals surface area contributed by atoms with E-state index in [0.717, 1.165) is 10.4 Å². The maximum absolute atomic E-state index is 8.96. The predicted molar refractivity (Wildman–Crippen MR) is 59.1 cm³/mol. The third-order valence-corrected chi connectivity index (χ3v) is 2.58.